The number of nitrogens with zero attached hydrogens (tertiary/aromatic N) is 5. The molecule has 0 spiro atoms. The molecule has 3 aromatic rings. The van der Waals surface area contributed by atoms with Gasteiger partial charge in [-0.1, -0.05) is 6.58 Å². The molecule has 4 rings (SSSR count). The number of carbonyl (C=O) groups excluding carboxylic acids is 1. The minimum absolute atomic E-state index is 0.0665. The molecule has 1 aliphatic heterocycles. The Kier molecular flexibility index (Phi) is 4.58. The predicted octanol–water partition coefficient (Wildman–Crippen LogP) is 2.78. The summed E-state index contributed by atoms with van der Waals surface area (Å²) in [5, 5.41) is 7.77. The van der Waals surface area contributed by atoms with Gasteiger partial charge in [-0.05, 0) is 62.1 Å². The third-order valence-electron chi connectivity index (χ3n) is 5.17. The Bertz CT molecular complexity index is 1070. The Labute approximate surface area is 164 Å². The summed E-state index contributed by atoms with van der Waals surface area (Å²) in [7, 11) is 0. The topological polar surface area (TPSA) is 75.4 Å². The van der Waals surface area contributed by atoms with E-state index in [1.54, 1.807) is 6.20 Å². The number of rotatable bonds is 4. The molecule has 3 aromatic heterocycles. The molecule has 0 aromatic carbocycles. The molecule has 0 bridgehead atoms. The average Bonchev–Trinajstić information content (AvgIpc) is 3.28. The van der Waals surface area contributed by atoms with Crippen LogP contribution in [0.3, 0.4) is 0 Å². The van der Waals surface area contributed by atoms with Crippen molar-refractivity contribution in [1.29, 1.82) is 0 Å². The highest BCUT2D eigenvalue weighted by Gasteiger charge is 2.26. The number of anilines is 1. The third-order valence-corrected chi connectivity index (χ3v) is 5.17. The number of aromatic nitrogens is 4. The van der Waals surface area contributed by atoms with Crippen molar-refractivity contribution in [2.45, 2.75) is 33.2 Å². The fourth-order valence-electron chi connectivity index (χ4n) is 3.62. The standard InChI is InChI=1S/C21H24N6O/c1-13(2)17-11-22-18(9-14(17)3)21(28)24-16-7-8-26(12-16)20-6-5-19-23-10-15(4)27(19)25-20/h5-6,9-11,16H,1,7-8,12H2,2-4H3,(H,24,28)/t16-/m0/s1. The van der Waals surface area contributed by atoms with Crippen molar-refractivity contribution in [3.8, 4) is 0 Å². The highest BCUT2D eigenvalue weighted by atomic mass is 16.2. The molecule has 1 N–H and O–H groups in total. The molecule has 0 radical (unpaired) electrons. The number of fused-ring (bicyclic) bond motifs is 1. The monoisotopic (exact) mass is 376 g/mol. The molecule has 1 atom stereocenters. The predicted molar refractivity (Wildman–Crippen MR) is 109 cm³/mol. The summed E-state index contributed by atoms with van der Waals surface area (Å²) in [6.45, 7) is 11.4. The van der Waals surface area contributed by atoms with Crippen LogP contribution in [0.5, 0.6) is 0 Å². The summed E-state index contributed by atoms with van der Waals surface area (Å²) in [5.74, 6) is 0.752. The van der Waals surface area contributed by atoms with Gasteiger partial charge in [0.2, 0.25) is 0 Å². The van der Waals surface area contributed by atoms with Gasteiger partial charge in [0, 0.05) is 25.3 Å². The normalized spacial score (nSPS) is 16.5. The van der Waals surface area contributed by atoms with E-state index in [1.807, 2.05) is 49.7 Å². The van der Waals surface area contributed by atoms with Crippen LogP contribution in [0, 0.1) is 13.8 Å². The van der Waals surface area contributed by atoms with E-state index in [0.717, 1.165) is 53.4 Å². The molecule has 7 nitrogen and oxygen atoms in total. The maximum absolute atomic E-state index is 12.6. The van der Waals surface area contributed by atoms with Gasteiger partial charge >= 0.3 is 0 Å². The fraction of sp³-hybridized carbons (Fsp3) is 0.333. The molecule has 144 valence electrons. The summed E-state index contributed by atoms with van der Waals surface area (Å²) < 4.78 is 1.84. The molecule has 0 aliphatic carbocycles. The first-order valence-electron chi connectivity index (χ1n) is 9.42. The third kappa shape index (κ3) is 3.35. The van der Waals surface area contributed by atoms with Gasteiger partial charge in [-0.3, -0.25) is 9.78 Å². The number of aryl methyl sites for hydroxylation is 2. The summed E-state index contributed by atoms with van der Waals surface area (Å²) in [6, 6.07) is 5.84. The Morgan fingerprint density at radius 3 is 2.82 bits per heavy atom. The second-order valence-electron chi connectivity index (χ2n) is 7.43. The number of allylic oxidation sites excluding steroid dienone is 1. The van der Waals surface area contributed by atoms with E-state index in [1.165, 1.54) is 0 Å². The number of pyridine rings is 1. The van der Waals surface area contributed by atoms with E-state index in [-0.39, 0.29) is 11.9 Å². The molecule has 1 amide bonds. The van der Waals surface area contributed by atoms with Crippen LogP contribution < -0.4 is 10.2 Å². The molecule has 28 heavy (non-hydrogen) atoms. The van der Waals surface area contributed by atoms with Crippen LogP contribution in [0.4, 0.5) is 5.82 Å². The fourth-order valence-corrected chi connectivity index (χ4v) is 3.62. The van der Waals surface area contributed by atoms with Crippen LogP contribution in [0.15, 0.2) is 37.2 Å². The first-order chi connectivity index (χ1) is 13.4. The summed E-state index contributed by atoms with van der Waals surface area (Å²) in [4.78, 5) is 23.4. The SMILES string of the molecule is C=C(C)c1cnc(C(=O)N[C@H]2CCN(c3ccc4ncc(C)n4n3)C2)cc1C. The highest BCUT2D eigenvalue weighted by molar-refractivity contribution is 5.93. The van der Waals surface area contributed by atoms with E-state index < -0.39 is 0 Å². The number of hydrogen-bond donors (Lipinski definition) is 1. The Hall–Kier alpha value is -3.22. The maximum atomic E-state index is 12.6. The summed E-state index contributed by atoms with van der Waals surface area (Å²) in [6.07, 6.45) is 4.41. The lowest BCUT2D eigenvalue weighted by atomic mass is 10.0. The Morgan fingerprint density at radius 2 is 2.07 bits per heavy atom. The number of imidazole rings is 1. The lowest BCUT2D eigenvalue weighted by molar-refractivity contribution is 0.0935. The Balaban J connectivity index is 1.44. The molecule has 0 unspecified atom stereocenters. The first kappa shape index (κ1) is 18.2. The molecule has 4 heterocycles. The summed E-state index contributed by atoms with van der Waals surface area (Å²) in [5.41, 5.74) is 5.22. The molecule has 1 aliphatic rings. The van der Waals surface area contributed by atoms with Gasteiger partial charge in [0.05, 0.1) is 11.9 Å². The van der Waals surface area contributed by atoms with E-state index in [2.05, 4.69) is 31.9 Å². The van der Waals surface area contributed by atoms with Crippen molar-refractivity contribution in [3.63, 3.8) is 0 Å². The molecular weight excluding hydrogens is 352 g/mol. The highest BCUT2D eigenvalue weighted by Crippen LogP contribution is 2.20. The number of hydrogen-bond acceptors (Lipinski definition) is 5. The lowest BCUT2D eigenvalue weighted by Gasteiger charge is -2.18. The largest absolute Gasteiger partial charge is 0.353 e. The first-order valence-corrected chi connectivity index (χ1v) is 9.42. The average molecular weight is 376 g/mol. The van der Waals surface area contributed by atoms with Crippen LogP contribution in [0.25, 0.3) is 11.2 Å². The van der Waals surface area contributed by atoms with E-state index in [9.17, 15) is 4.79 Å². The van der Waals surface area contributed by atoms with Crippen molar-refractivity contribution in [2.24, 2.45) is 0 Å². The van der Waals surface area contributed by atoms with Crippen LogP contribution >= 0.6 is 0 Å². The van der Waals surface area contributed by atoms with Crippen molar-refractivity contribution in [3.05, 3.63) is 59.7 Å². The quantitative estimate of drug-likeness (QED) is 0.758. The van der Waals surface area contributed by atoms with Crippen LogP contribution in [-0.4, -0.2) is 44.6 Å². The van der Waals surface area contributed by atoms with Gasteiger partial charge in [-0.2, -0.15) is 0 Å². The number of carbonyl (C=O) groups is 1. The maximum Gasteiger partial charge on any atom is 0.270 e. The van der Waals surface area contributed by atoms with Crippen molar-refractivity contribution in [2.75, 3.05) is 18.0 Å². The van der Waals surface area contributed by atoms with Crippen LogP contribution in [-0.2, 0) is 0 Å². The van der Waals surface area contributed by atoms with Gasteiger partial charge in [-0.25, -0.2) is 9.50 Å². The molecule has 7 heteroatoms. The second-order valence-corrected chi connectivity index (χ2v) is 7.43. The van der Waals surface area contributed by atoms with Gasteiger partial charge in [0.15, 0.2) is 5.65 Å². The van der Waals surface area contributed by atoms with E-state index >= 15 is 0 Å². The van der Waals surface area contributed by atoms with Gasteiger partial charge in [0.25, 0.3) is 5.91 Å². The molecule has 0 saturated carbocycles. The molecule has 1 fully saturated rings. The second kappa shape index (κ2) is 7.07. The van der Waals surface area contributed by atoms with Gasteiger partial charge in [0.1, 0.15) is 11.5 Å². The number of nitrogens with one attached hydrogen (secondary N) is 1. The Morgan fingerprint density at radius 1 is 1.25 bits per heavy atom. The minimum Gasteiger partial charge on any atom is -0.353 e. The van der Waals surface area contributed by atoms with Crippen molar-refractivity contribution >= 4 is 22.9 Å². The van der Waals surface area contributed by atoms with Crippen molar-refractivity contribution < 1.29 is 4.79 Å². The zero-order valence-electron chi connectivity index (χ0n) is 16.4. The zero-order chi connectivity index (χ0) is 19.8. The van der Waals surface area contributed by atoms with E-state index in [4.69, 9.17) is 0 Å². The summed E-state index contributed by atoms with van der Waals surface area (Å²) >= 11 is 0. The van der Waals surface area contributed by atoms with E-state index in [0.29, 0.717) is 5.69 Å². The van der Waals surface area contributed by atoms with Crippen LogP contribution in [0.1, 0.15) is 40.7 Å². The van der Waals surface area contributed by atoms with Crippen LogP contribution in [0.2, 0.25) is 0 Å². The molecule has 1 saturated heterocycles. The zero-order valence-corrected chi connectivity index (χ0v) is 16.4. The van der Waals surface area contributed by atoms with Crippen molar-refractivity contribution in [1.82, 2.24) is 24.9 Å². The van der Waals surface area contributed by atoms with Gasteiger partial charge in [-0.15, -0.1) is 5.10 Å². The number of amides is 1. The molecular formula is C21H24N6O. The lowest BCUT2D eigenvalue weighted by Crippen LogP contribution is -2.37. The smallest absolute Gasteiger partial charge is 0.270 e. The minimum atomic E-state index is -0.142. The van der Waals surface area contributed by atoms with Gasteiger partial charge < -0.3 is 10.2 Å².